The average molecular weight is 396 g/mol. The van der Waals surface area contributed by atoms with E-state index in [1.807, 2.05) is 18.2 Å². The zero-order valence-corrected chi connectivity index (χ0v) is 16.9. The van der Waals surface area contributed by atoms with Gasteiger partial charge in [-0.05, 0) is 61.1 Å². The van der Waals surface area contributed by atoms with E-state index in [2.05, 4.69) is 34.5 Å². The Hall–Kier alpha value is -2.57. The van der Waals surface area contributed by atoms with Crippen molar-refractivity contribution in [2.24, 2.45) is 5.73 Å². The van der Waals surface area contributed by atoms with E-state index in [4.69, 9.17) is 15.2 Å². The van der Waals surface area contributed by atoms with Crippen LogP contribution in [0.3, 0.4) is 0 Å². The van der Waals surface area contributed by atoms with Gasteiger partial charge >= 0.3 is 0 Å². The number of carbonyl (C=O) groups excluding carboxylic acids is 1. The predicted molar refractivity (Wildman–Crippen MR) is 113 cm³/mol. The number of hydrogen-bond acceptors (Lipinski definition) is 5. The highest BCUT2D eigenvalue weighted by Crippen LogP contribution is 2.34. The second-order valence-electron chi connectivity index (χ2n) is 8.04. The van der Waals surface area contributed by atoms with Crippen LogP contribution in [0.1, 0.15) is 43.7 Å². The number of rotatable bonds is 6. The molecule has 0 saturated heterocycles. The molecule has 1 amide bonds. The molecule has 0 aromatic heterocycles. The van der Waals surface area contributed by atoms with Gasteiger partial charge in [0.2, 0.25) is 12.7 Å². The van der Waals surface area contributed by atoms with Crippen LogP contribution in [0.15, 0.2) is 42.5 Å². The van der Waals surface area contributed by atoms with E-state index < -0.39 is 0 Å². The maximum Gasteiger partial charge on any atom is 0.231 e. The van der Waals surface area contributed by atoms with E-state index in [9.17, 15) is 4.79 Å². The van der Waals surface area contributed by atoms with Gasteiger partial charge in [0, 0.05) is 37.8 Å². The van der Waals surface area contributed by atoms with Gasteiger partial charge in [0.25, 0.3) is 0 Å². The molecule has 4 rings (SSSR count). The molecule has 154 valence electrons. The lowest BCUT2D eigenvalue weighted by molar-refractivity contribution is -0.114. The Kier molecular flexibility index (Phi) is 6.02. The first kappa shape index (κ1) is 19.7. The number of benzene rings is 2. The summed E-state index contributed by atoms with van der Waals surface area (Å²) in [5, 5.41) is 2.83. The van der Waals surface area contributed by atoms with Crippen LogP contribution in [0.2, 0.25) is 0 Å². The summed E-state index contributed by atoms with van der Waals surface area (Å²) in [6.07, 6.45) is 4.39. The predicted octanol–water partition coefficient (Wildman–Crippen LogP) is 3.65. The van der Waals surface area contributed by atoms with Crippen LogP contribution in [0.4, 0.5) is 5.69 Å². The fourth-order valence-corrected chi connectivity index (χ4v) is 4.19. The van der Waals surface area contributed by atoms with Crippen molar-refractivity contribution in [1.82, 2.24) is 4.90 Å². The van der Waals surface area contributed by atoms with Gasteiger partial charge in [-0.15, -0.1) is 0 Å². The highest BCUT2D eigenvalue weighted by atomic mass is 16.7. The average Bonchev–Trinajstić information content (AvgIpc) is 3.17. The Bertz CT molecular complexity index is 845. The smallest absolute Gasteiger partial charge is 0.231 e. The lowest BCUT2D eigenvalue weighted by atomic mass is 9.90. The van der Waals surface area contributed by atoms with Crippen LogP contribution >= 0.6 is 0 Å². The number of anilines is 1. The molecule has 0 atom stereocenters. The number of amides is 1. The molecule has 1 aliphatic carbocycles. The molecule has 0 radical (unpaired) electrons. The minimum absolute atomic E-state index is 0.0549. The summed E-state index contributed by atoms with van der Waals surface area (Å²) < 4.78 is 11.0. The number of nitrogens with zero attached hydrogens (tertiary/aromatic N) is 1. The zero-order valence-electron chi connectivity index (χ0n) is 16.9. The molecule has 3 N–H and O–H groups in total. The van der Waals surface area contributed by atoms with Crippen molar-refractivity contribution in [2.75, 3.05) is 12.1 Å². The Morgan fingerprint density at radius 2 is 1.66 bits per heavy atom. The minimum atomic E-state index is -0.0549. The number of nitrogens with two attached hydrogens (primary N) is 1. The van der Waals surface area contributed by atoms with Crippen LogP contribution in [0, 0.1) is 0 Å². The SMILES string of the molecule is CC(=O)Nc1ccc(CN(Cc2ccc3c(c2)OCO3)C2CCC(N)CC2)cc1. The van der Waals surface area contributed by atoms with Crippen LogP contribution < -0.4 is 20.5 Å². The van der Waals surface area contributed by atoms with Gasteiger partial charge in [0.05, 0.1) is 0 Å². The summed E-state index contributed by atoms with van der Waals surface area (Å²) in [6.45, 7) is 3.52. The number of fused-ring (bicyclic) bond motifs is 1. The molecule has 2 aromatic rings. The molecule has 1 heterocycles. The van der Waals surface area contributed by atoms with E-state index in [0.29, 0.717) is 18.9 Å². The van der Waals surface area contributed by atoms with Crippen molar-refractivity contribution in [1.29, 1.82) is 0 Å². The molecule has 0 unspecified atom stereocenters. The van der Waals surface area contributed by atoms with Crippen molar-refractivity contribution in [2.45, 2.75) is 57.8 Å². The first-order valence-corrected chi connectivity index (χ1v) is 10.3. The lowest BCUT2D eigenvalue weighted by Crippen LogP contribution is -2.40. The Labute approximate surface area is 172 Å². The van der Waals surface area contributed by atoms with Crippen LogP contribution in [-0.4, -0.2) is 29.7 Å². The number of nitrogens with one attached hydrogen (secondary N) is 1. The van der Waals surface area contributed by atoms with Crippen molar-refractivity contribution in [3.8, 4) is 11.5 Å². The number of ether oxygens (including phenoxy) is 2. The summed E-state index contributed by atoms with van der Waals surface area (Å²) in [6, 6.07) is 15.1. The van der Waals surface area contributed by atoms with E-state index >= 15 is 0 Å². The van der Waals surface area contributed by atoms with Crippen molar-refractivity contribution < 1.29 is 14.3 Å². The molecule has 0 bridgehead atoms. The molecule has 1 saturated carbocycles. The Morgan fingerprint density at radius 1 is 1.00 bits per heavy atom. The number of carbonyl (C=O) groups is 1. The van der Waals surface area contributed by atoms with E-state index in [0.717, 1.165) is 56.0 Å². The molecule has 0 spiro atoms. The summed E-state index contributed by atoms with van der Waals surface area (Å²) in [4.78, 5) is 13.8. The van der Waals surface area contributed by atoms with Gasteiger partial charge in [-0.1, -0.05) is 18.2 Å². The maximum absolute atomic E-state index is 11.2. The minimum Gasteiger partial charge on any atom is -0.454 e. The molecular weight excluding hydrogens is 366 g/mol. The first-order chi connectivity index (χ1) is 14.1. The molecule has 6 heteroatoms. The maximum atomic E-state index is 11.2. The van der Waals surface area contributed by atoms with E-state index in [1.165, 1.54) is 18.1 Å². The summed E-state index contributed by atoms with van der Waals surface area (Å²) in [7, 11) is 0. The van der Waals surface area contributed by atoms with Crippen LogP contribution in [-0.2, 0) is 17.9 Å². The molecule has 6 nitrogen and oxygen atoms in total. The standard InChI is InChI=1S/C23H29N3O3/c1-16(27)25-20-7-2-17(3-8-20)13-26(21-9-5-19(24)6-10-21)14-18-4-11-22-23(12-18)29-15-28-22/h2-4,7-8,11-12,19,21H,5-6,9-10,13-15,24H2,1H3,(H,25,27). The van der Waals surface area contributed by atoms with E-state index in [1.54, 1.807) is 0 Å². The van der Waals surface area contributed by atoms with Gasteiger partial charge in [-0.2, -0.15) is 0 Å². The first-order valence-electron chi connectivity index (χ1n) is 10.3. The van der Waals surface area contributed by atoms with E-state index in [-0.39, 0.29) is 5.91 Å². The van der Waals surface area contributed by atoms with Crippen molar-refractivity contribution in [3.05, 3.63) is 53.6 Å². The quantitative estimate of drug-likeness (QED) is 0.781. The van der Waals surface area contributed by atoms with Crippen LogP contribution in [0.5, 0.6) is 11.5 Å². The normalized spacial score (nSPS) is 20.7. The second-order valence-corrected chi connectivity index (χ2v) is 8.04. The molecule has 2 aliphatic rings. The zero-order chi connectivity index (χ0) is 20.2. The summed E-state index contributed by atoms with van der Waals surface area (Å²) in [5.74, 6) is 1.59. The molecular formula is C23H29N3O3. The van der Waals surface area contributed by atoms with Crippen LogP contribution in [0.25, 0.3) is 0 Å². The highest BCUT2D eigenvalue weighted by molar-refractivity contribution is 5.88. The fourth-order valence-electron chi connectivity index (χ4n) is 4.19. The van der Waals surface area contributed by atoms with Crippen molar-refractivity contribution in [3.63, 3.8) is 0 Å². The Morgan fingerprint density at radius 3 is 2.38 bits per heavy atom. The third-order valence-electron chi connectivity index (χ3n) is 5.74. The van der Waals surface area contributed by atoms with Crippen molar-refractivity contribution >= 4 is 11.6 Å². The topological polar surface area (TPSA) is 76.8 Å². The largest absolute Gasteiger partial charge is 0.454 e. The fraction of sp³-hybridized carbons (Fsp3) is 0.435. The second kappa shape index (κ2) is 8.84. The van der Waals surface area contributed by atoms with Gasteiger partial charge in [-0.25, -0.2) is 0 Å². The third-order valence-corrected chi connectivity index (χ3v) is 5.74. The molecule has 1 fully saturated rings. The highest BCUT2D eigenvalue weighted by Gasteiger charge is 2.25. The van der Waals surface area contributed by atoms with Gasteiger partial charge < -0.3 is 20.5 Å². The lowest BCUT2D eigenvalue weighted by Gasteiger charge is -2.36. The van der Waals surface area contributed by atoms with Gasteiger partial charge in [0.15, 0.2) is 11.5 Å². The molecule has 2 aromatic carbocycles. The van der Waals surface area contributed by atoms with Gasteiger partial charge in [-0.3, -0.25) is 9.69 Å². The molecule has 1 aliphatic heterocycles. The summed E-state index contributed by atoms with van der Waals surface area (Å²) in [5.41, 5.74) is 9.42. The Balaban J connectivity index is 1.49. The monoisotopic (exact) mass is 395 g/mol. The molecule has 29 heavy (non-hydrogen) atoms. The summed E-state index contributed by atoms with van der Waals surface area (Å²) >= 11 is 0. The number of hydrogen-bond donors (Lipinski definition) is 2. The third kappa shape index (κ3) is 5.08. The van der Waals surface area contributed by atoms with Gasteiger partial charge in [0.1, 0.15) is 0 Å².